The van der Waals surface area contributed by atoms with Crippen molar-refractivity contribution in [3.8, 4) is 0 Å². The molecule has 1 aromatic carbocycles. The van der Waals surface area contributed by atoms with Gasteiger partial charge in [0.15, 0.2) is 5.82 Å². The normalized spacial score (nSPS) is 10.2. The van der Waals surface area contributed by atoms with Crippen LogP contribution in [-0.4, -0.2) is 11.2 Å². The van der Waals surface area contributed by atoms with E-state index < -0.39 is 0 Å². The van der Waals surface area contributed by atoms with Gasteiger partial charge in [0.05, 0.1) is 5.69 Å². The molecule has 5 heteroatoms. The van der Waals surface area contributed by atoms with Crippen LogP contribution in [0.25, 0.3) is 0 Å². The van der Waals surface area contributed by atoms with Crippen LogP contribution in [0, 0.1) is 0 Å². The Kier molecular flexibility index (Phi) is 3.91. The lowest BCUT2D eigenvalue weighted by molar-refractivity contribution is 1.29. The molecule has 0 bridgehead atoms. The molecule has 3 nitrogen and oxygen atoms in total. The predicted molar refractivity (Wildman–Crippen MR) is 77.9 cm³/mol. The zero-order valence-corrected chi connectivity index (χ0v) is 11.7. The van der Waals surface area contributed by atoms with Gasteiger partial charge in [-0.15, -0.1) is 11.8 Å². The average molecular weight is 310 g/mol. The van der Waals surface area contributed by atoms with Gasteiger partial charge < -0.3 is 11.1 Å². The third-order valence-electron chi connectivity index (χ3n) is 2.22. The number of anilines is 3. The molecule has 0 saturated carbocycles. The summed E-state index contributed by atoms with van der Waals surface area (Å²) in [5, 5.41) is 3.20. The number of nitrogen functional groups attached to an aromatic ring is 1. The van der Waals surface area contributed by atoms with Gasteiger partial charge in [-0.2, -0.15) is 0 Å². The maximum absolute atomic E-state index is 5.88. The van der Waals surface area contributed by atoms with Crippen molar-refractivity contribution in [2.24, 2.45) is 0 Å². The molecule has 3 N–H and O–H groups in total. The molecule has 2 aromatic rings. The monoisotopic (exact) mass is 309 g/mol. The minimum atomic E-state index is 0.619. The van der Waals surface area contributed by atoms with Gasteiger partial charge in [-0.3, -0.25) is 0 Å². The van der Waals surface area contributed by atoms with E-state index in [4.69, 9.17) is 5.73 Å². The first-order valence-electron chi connectivity index (χ1n) is 5.01. The van der Waals surface area contributed by atoms with E-state index in [1.54, 1.807) is 18.0 Å². The summed E-state index contributed by atoms with van der Waals surface area (Å²) in [6, 6.07) is 9.95. The van der Waals surface area contributed by atoms with Crippen LogP contribution < -0.4 is 11.1 Å². The fourth-order valence-corrected chi connectivity index (χ4v) is 2.21. The topological polar surface area (TPSA) is 50.9 Å². The number of nitrogens with two attached hydrogens (primary N) is 1. The Morgan fingerprint density at radius 3 is 2.88 bits per heavy atom. The summed E-state index contributed by atoms with van der Waals surface area (Å²) in [6.45, 7) is 0. The molecule has 0 unspecified atom stereocenters. The number of hydrogen-bond donors (Lipinski definition) is 2. The zero-order chi connectivity index (χ0) is 12.3. The Balaban J connectivity index is 2.25. The summed E-state index contributed by atoms with van der Waals surface area (Å²) in [5.74, 6) is 0.673. The maximum atomic E-state index is 5.88. The van der Waals surface area contributed by atoms with Crippen molar-refractivity contribution in [2.45, 2.75) is 4.90 Å². The molecule has 0 radical (unpaired) electrons. The van der Waals surface area contributed by atoms with Gasteiger partial charge >= 0.3 is 0 Å². The summed E-state index contributed by atoms with van der Waals surface area (Å²) in [7, 11) is 0. The van der Waals surface area contributed by atoms with Gasteiger partial charge in [0, 0.05) is 21.3 Å². The molecule has 1 aromatic heterocycles. The van der Waals surface area contributed by atoms with Crippen LogP contribution in [0.3, 0.4) is 0 Å². The minimum absolute atomic E-state index is 0.619. The van der Waals surface area contributed by atoms with Crippen molar-refractivity contribution >= 4 is 44.9 Å². The molecule has 0 spiro atoms. The molecule has 88 valence electrons. The van der Waals surface area contributed by atoms with Crippen molar-refractivity contribution in [3.63, 3.8) is 0 Å². The molecule has 17 heavy (non-hydrogen) atoms. The molecular formula is C12H12BrN3S. The fraction of sp³-hybridized carbons (Fsp3) is 0.0833. The highest BCUT2D eigenvalue weighted by atomic mass is 79.9. The summed E-state index contributed by atoms with van der Waals surface area (Å²) < 4.78 is 0.874. The van der Waals surface area contributed by atoms with E-state index in [-0.39, 0.29) is 0 Å². The van der Waals surface area contributed by atoms with Crippen LogP contribution >= 0.6 is 27.7 Å². The number of nitrogens with zero attached hydrogens (tertiary/aromatic N) is 1. The number of pyridine rings is 1. The Hall–Kier alpha value is -1.20. The van der Waals surface area contributed by atoms with Gasteiger partial charge in [-0.1, -0.05) is 6.07 Å². The number of aromatic nitrogens is 1. The van der Waals surface area contributed by atoms with Crippen LogP contribution in [0.15, 0.2) is 45.9 Å². The van der Waals surface area contributed by atoms with Crippen molar-refractivity contribution in [3.05, 3.63) is 41.0 Å². The smallest absolute Gasteiger partial charge is 0.153 e. The molecule has 2 rings (SSSR count). The number of rotatable bonds is 3. The van der Waals surface area contributed by atoms with Crippen LogP contribution in [0.5, 0.6) is 0 Å². The second-order valence-electron chi connectivity index (χ2n) is 3.45. The number of halogens is 1. The van der Waals surface area contributed by atoms with Crippen molar-refractivity contribution < 1.29 is 0 Å². The van der Waals surface area contributed by atoms with Crippen LogP contribution in [0.4, 0.5) is 17.2 Å². The Morgan fingerprint density at radius 2 is 2.18 bits per heavy atom. The van der Waals surface area contributed by atoms with Crippen LogP contribution in [-0.2, 0) is 0 Å². The highest BCUT2D eigenvalue weighted by Crippen LogP contribution is 2.25. The van der Waals surface area contributed by atoms with E-state index in [9.17, 15) is 0 Å². The quantitative estimate of drug-likeness (QED) is 0.845. The second kappa shape index (κ2) is 5.42. The maximum Gasteiger partial charge on any atom is 0.153 e. The van der Waals surface area contributed by atoms with E-state index in [1.165, 1.54) is 4.90 Å². The second-order valence-corrected chi connectivity index (χ2v) is 5.24. The lowest BCUT2D eigenvalue weighted by atomic mass is 10.3. The first-order valence-corrected chi connectivity index (χ1v) is 7.03. The third-order valence-corrected chi connectivity index (χ3v) is 3.38. The van der Waals surface area contributed by atoms with Gasteiger partial charge in [0.2, 0.25) is 0 Å². The highest BCUT2D eigenvalue weighted by molar-refractivity contribution is 9.10. The Morgan fingerprint density at radius 1 is 1.35 bits per heavy atom. The van der Waals surface area contributed by atoms with E-state index in [0.717, 1.165) is 10.2 Å². The first-order chi connectivity index (χ1) is 8.19. The highest BCUT2D eigenvalue weighted by Gasteiger charge is 2.02. The summed E-state index contributed by atoms with van der Waals surface area (Å²) in [6.07, 6.45) is 3.77. The minimum Gasteiger partial charge on any atom is -0.396 e. The first kappa shape index (κ1) is 12.3. The van der Waals surface area contributed by atoms with Crippen molar-refractivity contribution in [1.29, 1.82) is 0 Å². The van der Waals surface area contributed by atoms with E-state index >= 15 is 0 Å². The standard InChI is InChI=1S/C12H12BrN3S/c1-17-10-4-2-3-9(6-10)16-12-11(14)5-8(13)7-15-12/h2-7H,14H2,1H3,(H,15,16). The number of hydrogen-bond acceptors (Lipinski definition) is 4. The lowest BCUT2D eigenvalue weighted by Gasteiger charge is -2.09. The molecule has 0 saturated heterocycles. The molecule has 0 aliphatic heterocycles. The Labute approximate surface area is 113 Å². The third kappa shape index (κ3) is 3.14. The molecular weight excluding hydrogens is 298 g/mol. The summed E-state index contributed by atoms with van der Waals surface area (Å²) in [5.41, 5.74) is 7.48. The van der Waals surface area contributed by atoms with Crippen molar-refractivity contribution in [1.82, 2.24) is 4.98 Å². The number of thioether (sulfide) groups is 1. The molecule has 1 heterocycles. The average Bonchev–Trinajstić information content (AvgIpc) is 2.33. The van der Waals surface area contributed by atoms with E-state index in [2.05, 4.69) is 38.4 Å². The van der Waals surface area contributed by atoms with Gasteiger partial charge in [-0.05, 0) is 46.5 Å². The number of benzene rings is 1. The van der Waals surface area contributed by atoms with Crippen LogP contribution in [0.2, 0.25) is 0 Å². The molecule has 0 aliphatic rings. The van der Waals surface area contributed by atoms with Gasteiger partial charge in [0.25, 0.3) is 0 Å². The lowest BCUT2D eigenvalue weighted by Crippen LogP contribution is -1.98. The van der Waals surface area contributed by atoms with Gasteiger partial charge in [0.1, 0.15) is 0 Å². The number of nitrogens with one attached hydrogen (secondary N) is 1. The fourth-order valence-electron chi connectivity index (χ4n) is 1.40. The van der Waals surface area contributed by atoms with Crippen molar-refractivity contribution in [2.75, 3.05) is 17.3 Å². The Bertz CT molecular complexity index is 531. The van der Waals surface area contributed by atoms with E-state index in [0.29, 0.717) is 11.5 Å². The SMILES string of the molecule is CSc1cccc(Nc2ncc(Br)cc2N)c1. The summed E-state index contributed by atoms with van der Waals surface area (Å²) in [4.78, 5) is 5.44. The molecule has 0 fully saturated rings. The summed E-state index contributed by atoms with van der Waals surface area (Å²) >= 11 is 5.03. The zero-order valence-electron chi connectivity index (χ0n) is 9.27. The molecule has 0 amide bonds. The van der Waals surface area contributed by atoms with Gasteiger partial charge in [-0.25, -0.2) is 4.98 Å². The predicted octanol–water partition coefficient (Wildman–Crippen LogP) is 3.89. The van der Waals surface area contributed by atoms with E-state index in [1.807, 2.05) is 24.5 Å². The molecule has 0 aliphatic carbocycles. The largest absolute Gasteiger partial charge is 0.396 e. The molecule has 0 atom stereocenters. The van der Waals surface area contributed by atoms with Crippen LogP contribution in [0.1, 0.15) is 0 Å².